The highest BCUT2D eigenvalue weighted by Gasteiger charge is 2.32. The molecule has 2 heteroatoms. The van der Waals surface area contributed by atoms with Crippen LogP contribution in [-0.2, 0) is 15.1 Å². The van der Waals surface area contributed by atoms with E-state index >= 15 is 0 Å². The molecular formula is C14H16O2. The second kappa shape index (κ2) is 3.78. The Labute approximate surface area is 95.9 Å². The van der Waals surface area contributed by atoms with Gasteiger partial charge in [-0.25, -0.2) is 0 Å². The maximum Gasteiger partial charge on any atom is 0.163 e. The first kappa shape index (κ1) is 10.9. The van der Waals surface area contributed by atoms with Crippen molar-refractivity contribution in [2.75, 3.05) is 0 Å². The summed E-state index contributed by atoms with van der Waals surface area (Å²) in [5, 5.41) is 0. The fraction of sp³-hybridized carbons (Fsp3) is 0.357. The summed E-state index contributed by atoms with van der Waals surface area (Å²) < 4.78 is 5.62. The van der Waals surface area contributed by atoms with E-state index in [4.69, 9.17) is 4.74 Å². The summed E-state index contributed by atoms with van der Waals surface area (Å²) in [6, 6.07) is 6.21. The first-order valence-electron chi connectivity index (χ1n) is 5.46. The van der Waals surface area contributed by atoms with E-state index in [1.54, 1.807) is 0 Å². The van der Waals surface area contributed by atoms with Gasteiger partial charge in [0.1, 0.15) is 5.60 Å². The van der Waals surface area contributed by atoms with Gasteiger partial charge in [-0.2, -0.15) is 0 Å². The quantitative estimate of drug-likeness (QED) is 0.721. The zero-order valence-corrected chi connectivity index (χ0v) is 9.91. The topological polar surface area (TPSA) is 26.3 Å². The lowest BCUT2D eigenvalue weighted by Crippen LogP contribution is -2.29. The summed E-state index contributed by atoms with van der Waals surface area (Å²) >= 11 is 0. The van der Waals surface area contributed by atoms with Crippen molar-refractivity contribution in [3.05, 3.63) is 47.2 Å². The van der Waals surface area contributed by atoms with Gasteiger partial charge in [-0.3, -0.25) is 4.79 Å². The van der Waals surface area contributed by atoms with Gasteiger partial charge in [0.2, 0.25) is 0 Å². The van der Waals surface area contributed by atoms with Gasteiger partial charge < -0.3 is 4.74 Å². The van der Waals surface area contributed by atoms with E-state index in [9.17, 15) is 4.79 Å². The molecule has 16 heavy (non-hydrogen) atoms. The average molecular weight is 216 g/mol. The minimum Gasteiger partial charge on any atom is -0.490 e. The van der Waals surface area contributed by atoms with Crippen molar-refractivity contribution >= 4 is 5.78 Å². The lowest BCUT2D eigenvalue weighted by atomic mass is 9.87. The summed E-state index contributed by atoms with van der Waals surface area (Å²) in [6.07, 6.45) is 3.40. The predicted octanol–water partition coefficient (Wildman–Crippen LogP) is 3.02. The number of carbonyl (C=O) groups excluding carboxylic acids is 1. The molecule has 0 radical (unpaired) electrons. The predicted molar refractivity (Wildman–Crippen MR) is 63.1 cm³/mol. The molecule has 0 spiro atoms. The Morgan fingerprint density at radius 3 is 2.62 bits per heavy atom. The molecule has 1 heterocycles. The largest absolute Gasteiger partial charge is 0.490 e. The van der Waals surface area contributed by atoms with E-state index in [0.29, 0.717) is 6.42 Å². The third-order valence-corrected chi connectivity index (χ3v) is 3.21. The van der Waals surface area contributed by atoms with Crippen LogP contribution in [0.1, 0.15) is 30.0 Å². The SMILES string of the molecule is Cc1ccc(C2(C)CC(=O)C=CO2)cc1C. The molecule has 0 saturated heterocycles. The molecule has 0 fully saturated rings. The van der Waals surface area contributed by atoms with Crippen molar-refractivity contribution in [1.29, 1.82) is 0 Å². The van der Waals surface area contributed by atoms with Crippen LogP contribution in [0, 0.1) is 13.8 Å². The maximum atomic E-state index is 11.4. The van der Waals surface area contributed by atoms with Gasteiger partial charge in [-0.1, -0.05) is 18.2 Å². The minimum atomic E-state index is -0.510. The van der Waals surface area contributed by atoms with E-state index in [1.807, 2.05) is 13.0 Å². The van der Waals surface area contributed by atoms with E-state index in [2.05, 4.69) is 26.0 Å². The van der Waals surface area contributed by atoms with Crippen molar-refractivity contribution in [2.45, 2.75) is 32.8 Å². The first-order chi connectivity index (χ1) is 7.51. The molecule has 0 aromatic heterocycles. The molecule has 1 atom stereocenters. The highest BCUT2D eigenvalue weighted by molar-refractivity contribution is 5.91. The molecule has 1 aromatic rings. The molecule has 0 amide bonds. The number of aryl methyl sites for hydroxylation is 2. The average Bonchev–Trinajstić information content (AvgIpc) is 2.21. The van der Waals surface area contributed by atoms with Gasteiger partial charge in [0.15, 0.2) is 5.78 Å². The van der Waals surface area contributed by atoms with E-state index < -0.39 is 5.60 Å². The molecule has 0 saturated carbocycles. The summed E-state index contributed by atoms with van der Waals surface area (Å²) in [4.78, 5) is 11.4. The van der Waals surface area contributed by atoms with Crippen LogP contribution in [0.15, 0.2) is 30.5 Å². The molecule has 84 valence electrons. The molecular weight excluding hydrogens is 200 g/mol. The normalized spacial score (nSPS) is 24.3. The van der Waals surface area contributed by atoms with E-state index in [-0.39, 0.29) is 5.78 Å². The molecule has 1 aliphatic heterocycles. The van der Waals surface area contributed by atoms with Crippen LogP contribution in [-0.4, -0.2) is 5.78 Å². The van der Waals surface area contributed by atoms with Gasteiger partial charge in [0.25, 0.3) is 0 Å². The first-order valence-corrected chi connectivity index (χ1v) is 5.46. The second-order valence-electron chi connectivity index (χ2n) is 4.59. The zero-order valence-electron chi connectivity index (χ0n) is 9.91. The van der Waals surface area contributed by atoms with Crippen LogP contribution in [0.25, 0.3) is 0 Å². The van der Waals surface area contributed by atoms with Crippen molar-refractivity contribution in [3.63, 3.8) is 0 Å². The Kier molecular flexibility index (Phi) is 2.58. The van der Waals surface area contributed by atoms with Crippen LogP contribution < -0.4 is 0 Å². The van der Waals surface area contributed by atoms with Crippen LogP contribution in [0.3, 0.4) is 0 Å². The fourth-order valence-electron chi connectivity index (χ4n) is 1.93. The monoisotopic (exact) mass is 216 g/mol. The molecule has 1 aliphatic rings. The molecule has 1 aromatic carbocycles. The maximum absolute atomic E-state index is 11.4. The molecule has 2 rings (SSSR count). The Bertz CT molecular complexity index is 460. The number of allylic oxidation sites excluding steroid dienone is 1. The Morgan fingerprint density at radius 1 is 1.25 bits per heavy atom. The number of hydrogen-bond donors (Lipinski definition) is 0. The van der Waals surface area contributed by atoms with Crippen LogP contribution in [0.4, 0.5) is 0 Å². The van der Waals surface area contributed by atoms with Gasteiger partial charge in [0.05, 0.1) is 12.7 Å². The van der Waals surface area contributed by atoms with Crippen molar-refractivity contribution in [3.8, 4) is 0 Å². The number of rotatable bonds is 1. The van der Waals surface area contributed by atoms with Gasteiger partial charge in [0, 0.05) is 6.08 Å². The van der Waals surface area contributed by atoms with Crippen molar-refractivity contribution in [2.24, 2.45) is 0 Å². The van der Waals surface area contributed by atoms with Crippen molar-refractivity contribution in [1.82, 2.24) is 0 Å². The van der Waals surface area contributed by atoms with Crippen LogP contribution in [0.2, 0.25) is 0 Å². The number of ether oxygens (including phenoxy) is 1. The lowest BCUT2D eigenvalue weighted by Gasteiger charge is -2.31. The highest BCUT2D eigenvalue weighted by Crippen LogP contribution is 2.33. The summed E-state index contributed by atoms with van der Waals surface area (Å²) in [7, 11) is 0. The Balaban J connectivity index is 2.39. The standard InChI is InChI=1S/C14H16O2/c1-10-4-5-12(8-11(10)2)14(3)9-13(15)6-7-16-14/h4-8H,9H2,1-3H3. The summed E-state index contributed by atoms with van der Waals surface area (Å²) in [5.74, 6) is 0.118. The lowest BCUT2D eigenvalue weighted by molar-refractivity contribution is -0.122. The molecule has 0 N–H and O–H groups in total. The number of benzene rings is 1. The van der Waals surface area contributed by atoms with Crippen LogP contribution in [0.5, 0.6) is 0 Å². The molecule has 0 bridgehead atoms. The summed E-state index contributed by atoms with van der Waals surface area (Å²) in [6.45, 7) is 6.11. The Morgan fingerprint density at radius 2 is 2.00 bits per heavy atom. The van der Waals surface area contributed by atoms with Crippen LogP contribution >= 0.6 is 0 Å². The number of hydrogen-bond acceptors (Lipinski definition) is 2. The zero-order chi connectivity index (χ0) is 11.8. The third kappa shape index (κ3) is 1.87. The molecule has 0 aliphatic carbocycles. The van der Waals surface area contributed by atoms with E-state index in [0.717, 1.165) is 5.56 Å². The molecule has 2 nitrogen and oxygen atoms in total. The number of ketones is 1. The number of carbonyl (C=O) groups is 1. The summed E-state index contributed by atoms with van der Waals surface area (Å²) in [5.41, 5.74) is 3.03. The Hall–Kier alpha value is -1.57. The smallest absolute Gasteiger partial charge is 0.163 e. The van der Waals surface area contributed by atoms with Crippen molar-refractivity contribution < 1.29 is 9.53 Å². The van der Waals surface area contributed by atoms with Gasteiger partial charge in [-0.15, -0.1) is 0 Å². The van der Waals surface area contributed by atoms with Gasteiger partial charge in [-0.05, 0) is 37.5 Å². The third-order valence-electron chi connectivity index (χ3n) is 3.21. The van der Waals surface area contributed by atoms with E-state index in [1.165, 1.54) is 23.5 Å². The second-order valence-corrected chi connectivity index (χ2v) is 4.59. The molecule has 1 unspecified atom stereocenters. The minimum absolute atomic E-state index is 0.118. The highest BCUT2D eigenvalue weighted by atomic mass is 16.5. The van der Waals surface area contributed by atoms with Gasteiger partial charge >= 0.3 is 0 Å². The fourth-order valence-corrected chi connectivity index (χ4v) is 1.93.